The van der Waals surface area contributed by atoms with Crippen molar-refractivity contribution in [3.05, 3.63) is 11.6 Å². The van der Waals surface area contributed by atoms with Crippen molar-refractivity contribution in [2.45, 2.75) is 235 Å². The second-order valence-corrected chi connectivity index (χ2v) is 25.8. The molecule has 0 bridgehead atoms. The largest absolute Gasteiger partial charge is 0.426 e. The van der Waals surface area contributed by atoms with Gasteiger partial charge in [0.1, 0.15) is 67.1 Å². The fraction of sp³-hybridized carbons (Fsp3) is 0.943. The summed E-state index contributed by atoms with van der Waals surface area (Å²) in [5, 5.41) is 166. The van der Waals surface area contributed by atoms with Crippen LogP contribution in [0.5, 0.6) is 0 Å². The maximum Gasteiger partial charge on any atom is 0.315 e. The average Bonchev–Trinajstić information content (AvgIpc) is 3.37. The molecule has 4 heterocycles. The van der Waals surface area contributed by atoms with Crippen LogP contribution in [0.1, 0.15) is 113 Å². The molecule has 5 aliphatic carbocycles. The second-order valence-electron chi connectivity index (χ2n) is 25.8. The molecule has 0 aromatic rings. The van der Waals surface area contributed by atoms with E-state index in [0.29, 0.717) is 25.7 Å². The molecular weight excluding hydrogens is 1000 g/mol. The van der Waals surface area contributed by atoms with Gasteiger partial charge in [0.15, 0.2) is 30.4 Å². The highest BCUT2D eigenvalue weighted by Gasteiger charge is 2.78. The third-order valence-corrected chi connectivity index (χ3v) is 22.0. The molecule has 0 spiro atoms. The number of hydrogen-bond donors (Lipinski definition) is 15. The molecule has 4 aliphatic heterocycles. The Morgan fingerprint density at radius 1 is 0.711 bits per heavy atom. The summed E-state index contributed by atoms with van der Waals surface area (Å²) >= 11 is 0. The average molecular weight is 1090 g/mol. The summed E-state index contributed by atoms with van der Waals surface area (Å²) in [5.41, 5.74) is -5.18. The summed E-state index contributed by atoms with van der Waals surface area (Å²) < 4.78 is 40.8. The fourth-order valence-corrected chi connectivity index (χ4v) is 17.0. The van der Waals surface area contributed by atoms with Crippen molar-refractivity contribution in [1.29, 1.82) is 0 Å². The van der Waals surface area contributed by atoms with Gasteiger partial charge in [0.25, 0.3) is 5.79 Å². The lowest BCUT2D eigenvalue weighted by Crippen LogP contribution is -2.85. The molecule has 9 rings (SSSR count). The van der Waals surface area contributed by atoms with Crippen molar-refractivity contribution in [3.8, 4) is 0 Å². The molecule has 29 atom stereocenters. The van der Waals surface area contributed by atoms with Crippen LogP contribution >= 0.6 is 0 Å². The first-order valence-corrected chi connectivity index (χ1v) is 27.4. The predicted octanol–water partition coefficient (Wildman–Crippen LogP) is -2.48. The molecule has 9 aliphatic rings. The van der Waals surface area contributed by atoms with E-state index in [0.717, 1.165) is 24.8 Å². The SMILES string of the molecule is CC1CCC2(C(=O)OC3(C4(O)C(CO)OC(O)(OCC5OC(O)C(O)C(O)C5O)C(O)C4O)OC(C)C(O)C(O)C3O)CCC3(C)C(=CCC4C5(C)CCC(OC6OCC(O)C(O)C6O)C(C)(C)C5CCC43C)C2C1C. The molecule has 436 valence electrons. The van der Waals surface area contributed by atoms with Gasteiger partial charge in [-0.05, 0) is 116 Å². The Bertz CT molecular complexity index is 2170. The topological polar surface area (TPSA) is 385 Å². The van der Waals surface area contributed by atoms with Crippen LogP contribution in [0, 0.1) is 56.7 Å². The van der Waals surface area contributed by atoms with E-state index in [9.17, 15) is 76.6 Å². The van der Waals surface area contributed by atoms with E-state index in [-0.39, 0.29) is 60.1 Å². The van der Waals surface area contributed by atoms with Gasteiger partial charge in [-0.1, -0.05) is 60.1 Å². The van der Waals surface area contributed by atoms with Crippen molar-refractivity contribution in [2.24, 2.45) is 56.7 Å². The fourth-order valence-electron chi connectivity index (χ4n) is 17.0. The molecule has 15 N–H and O–H groups in total. The molecule has 8 fully saturated rings. The summed E-state index contributed by atoms with van der Waals surface area (Å²) in [6, 6.07) is 0. The number of carbonyl (C=O) groups excluding carboxylic acids is 1. The Balaban J connectivity index is 1.03. The van der Waals surface area contributed by atoms with Crippen molar-refractivity contribution in [3.63, 3.8) is 0 Å². The summed E-state index contributed by atoms with van der Waals surface area (Å²) in [7, 11) is 0. The summed E-state index contributed by atoms with van der Waals surface area (Å²) in [6.45, 7) is 14.3. The summed E-state index contributed by atoms with van der Waals surface area (Å²) in [6.07, 6.45) is -23.8. The maximum absolute atomic E-state index is 15.9. The standard InChI is InChI=1S/C53H86O23/c1-22-11-16-50(18-17-48(7)25(32(50)23(22)2)9-10-29-47(6)14-13-30(46(4,5)28(47)12-15-49(29,48)8)73-44-39(62)34(57)26(55)20-70-44)45(67)76-52(40(63)37(60)33(56)24(3)74-52)51(68)31(19-54)75-53(69,42(65)41(51)64)71-21-27-35(58)36(59)38(61)43(66)72-27/h9,22-24,26-44,54-66,68-69H,10-21H2,1-8H3. The van der Waals surface area contributed by atoms with E-state index in [2.05, 4.69) is 54.5 Å². The van der Waals surface area contributed by atoms with Gasteiger partial charge in [-0.2, -0.15) is 0 Å². The monoisotopic (exact) mass is 1090 g/mol. The van der Waals surface area contributed by atoms with E-state index >= 15 is 4.79 Å². The number of ether oxygens (including phenoxy) is 7. The minimum absolute atomic E-state index is 0.101. The number of fused-ring (bicyclic) bond motifs is 7. The zero-order valence-corrected chi connectivity index (χ0v) is 44.7. The van der Waals surface area contributed by atoms with Gasteiger partial charge in [0.2, 0.25) is 0 Å². The Kier molecular flexibility index (Phi) is 15.6. The Hall–Kier alpha value is -1.63. The molecule has 0 aromatic heterocycles. The summed E-state index contributed by atoms with van der Waals surface area (Å²) in [4.78, 5) is 15.9. The molecule has 23 heteroatoms. The summed E-state index contributed by atoms with van der Waals surface area (Å²) in [5.74, 6) is -8.00. The van der Waals surface area contributed by atoms with E-state index in [1.54, 1.807) is 0 Å². The molecule has 0 aromatic carbocycles. The van der Waals surface area contributed by atoms with E-state index in [1.807, 2.05) is 0 Å². The third-order valence-electron chi connectivity index (χ3n) is 22.0. The minimum Gasteiger partial charge on any atom is -0.426 e. The van der Waals surface area contributed by atoms with Crippen LogP contribution in [0.15, 0.2) is 11.6 Å². The lowest BCUT2D eigenvalue weighted by molar-refractivity contribution is -0.504. The van der Waals surface area contributed by atoms with Crippen molar-refractivity contribution in [1.82, 2.24) is 0 Å². The first-order valence-electron chi connectivity index (χ1n) is 27.4. The van der Waals surface area contributed by atoms with Crippen LogP contribution in [0.4, 0.5) is 0 Å². The number of allylic oxidation sites excluding steroid dienone is 2. The minimum atomic E-state index is -3.51. The van der Waals surface area contributed by atoms with Gasteiger partial charge < -0.3 is 110 Å². The van der Waals surface area contributed by atoms with Crippen LogP contribution < -0.4 is 0 Å². The van der Waals surface area contributed by atoms with Crippen LogP contribution in [-0.4, -0.2) is 224 Å². The van der Waals surface area contributed by atoms with Gasteiger partial charge in [-0.25, -0.2) is 0 Å². The van der Waals surface area contributed by atoms with E-state index in [1.165, 1.54) is 6.92 Å². The molecule has 29 unspecified atom stereocenters. The van der Waals surface area contributed by atoms with E-state index in [4.69, 9.17) is 33.2 Å². The third kappa shape index (κ3) is 8.33. The van der Waals surface area contributed by atoms with E-state index < -0.39 is 157 Å². The van der Waals surface area contributed by atoms with Crippen LogP contribution in [-0.2, 0) is 38.0 Å². The van der Waals surface area contributed by atoms with Gasteiger partial charge in [-0.3, -0.25) is 4.79 Å². The van der Waals surface area contributed by atoms with Crippen LogP contribution in [0.2, 0.25) is 0 Å². The molecule has 23 nitrogen and oxygen atoms in total. The molecular formula is C53H86O23. The number of rotatable bonds is 9. The highest BCUT2D eigenvalue weighted by Crippen LogP contribution is 2.76. The first-order chi connectivity index (χ1) is 35.3. The smallest absolute Gasteiger partial charge is 0.315 e. The quantitative estimate of drug-likeness (QED) is 0.0492. The number of carbonyl (C=O) groups is 1. The molecule has 4 saturated heterocycles. The first kappa shape index (κ1) is 59.0. The lowest BCUT2D eigenvalue weighted by atomic mass is 9.33. The van der Waals surface area contributed by atoms with Gasteiger partial charge >= 0.3 is 11.9 Å². The normalized spacial score (nSPS) is 57.2. The predicted molar refractivity (Wildman–Crippen MR) is 258 cm³/mol. The maximum atomic E-state index is 15.9. The molecule has 0 radical (unpaired) electrons. The number of esters is 1. The Morgan fingerprint density at radius 3 is 2.07 bits per heavy atom. The van der Waals surface area contributed by atoms with Crippen LogP contribution in [0.25, 0.3) is 0 Å². The number of aliphatic hydroxyl groups is 15. The molecule has 4 saturated carbocycles. The van der Waals surface area contributed by atoms with Crippen molar-refractivity contribution < 1.29 is 115 Å². The Morgan fingerprint density at radius 2 is 1.39 bits per heavy atom. The number of aliphatic hydroxyl groups excluding tert-OH is 13. The highest BCUT2D eigenvalue weighted by atomic mass is 16.8. The lowest BCUT2D eigenvalue weighted by Gasteiger charge is -2.71. The zero-order valence-electron chi connectivity index (χ0n) is 44.7. The molecule has 0 amide bonds. The van der Waals surface area contributed by atoms with Gasteiger partial charge in [0.05, 0.1) is 37.4 Å². The van der Waals surface area contributed by atoms with Crippen molar-refractivity contribution in [2.75, 3.05) is 19.8 Å². The zero-order chi connectivity index (χ0) is 56.0. The highest BCUT2D eigenvalue weighted by molar-refractivity contribution is 5.79. The molecule has 76 heavy (non-hydrogen) atoms. The van der Waals surface area contributed by atoms with Gasteiger partial charge in [-0.15, -0.1) is 0 Å². The van der Waals surface area contributed by atoms with Gasteiger partial charge in [0, 0.05) is 0 Å². The van der Waals surface area contributed by atoms with Crippen molar-refractivity contribution >= 4 is 5.97 Å². The van der Waals surface area contributed by atoms with Crippen LogP contribution in [0.3, 0.4) is 0 Å². The Labute approximate surface area is 442 Å². The number of hydrogen-bond acceptors (Lipinski definition) is 23. The second kappa shape index (κ2) is 20.1.